The number of hydrogen-bond donors (Lipinski definition) is 2. The van der Waals surface area contributed by atoms with Crippen LogP contribution < -0.4 is 10.6 Å². The summed E-state index contributed by atoms with van der Waals surface area (Å²) in [5, 5.41) is 5.16. The van der Waals surface area contributed by atoms with Gasteiger partial charge in [0.05, 0.1) is 5.92 Å². The summed E-state index contributed by atoms with van der Waals surface area (Å²) in [7, 11) is 0. The first-order valence-corrected chi connectivity index (χ1v) is 7.26. The first kappa shape index (κ1) is 17.1. The van der Waals surface area contributed by atoms with Gasteiger partial charge in [0, 0.05) is 31.4 Å². The van der Waals surface area contributed by atoms with Crippen LogP contribution in [0.4, 0.5) is 29.3 Å². The number of carbonyl (C=O) groups excluding carboxylic acids is 2. The van der Waals surface area contributed by atoms with Crippen LogP contribution in [0.3, 0.4) is 0 Å². The Labute approximate surface area is 131 Å². The van der Waals surface area contributed by atoms with E-state index in [1.807, 2.05) is 0 Å². The van der Waals surface area contributed by atoms with Gasteiger partial charge in [0.25, 0.3) is 0 Å². The summed E-state index contributed by atoms with van der Waals surface area (Å²) in [6.45, 7) is 1.37. The molecule has 0 aliphatic carbocycles. The van der Waals surface area contributed by atoms with E-state index < -0.39 is 18.1 Å². The highest BCUT2D eigenvalue weighted by Gasteiger charge is 2.42. The van der Waals surface area contributed by atoms with Crippen LogP contribution in [0, 0.1) is 5.92 Å². The number of halogens is 3. The van der Waals surface area contributed by atoms with Gasteiger partial charge >= 0.3 is 12.2 Å². The number of urea groups is 1. The molecule has 1 aliphatic rings. The molecule has 126 valence electrons. The first-order valence-electron chi connectivity index (χ1n) is 7.26. The Morgan fingerprint density at radius 1 is 1.13 bits per heavy atom. The van der Waals surface area contributed by atoms with Gasteiger partial charge < -0.3 is 15.5 Å². The number of alkyl halides is 3. The summed E-state index contributed by atoms with van der Waals surface area (Å²) >= 11 is 0. The minimum absolute atomic E-state index is 0.0543. The molecule has 5 nitrogen and oxygen atoms in total. The molecule has 2 N–H and O–H groups in total. The monoisotopic (exact) mass is 329 g/mol. The molecule has 1 atom stereocenters. The third kappa shape index (κ3) is 4.87. The van der Waals surface area contributed by atoms with Crippen LogP contribution >= 0.6 is 0 Å². The lowest BCUT2D eigenvalue weighted by molar-refractivity contribution is -0.183. The number of piperidine rings is 1. The third-order valence-corrected chi connectivity index (χ3v) is 3.63. The zero-order valence-electron chi connectivity index (χ0n) is 12.6. The van der Waals surface area contributed by atoms with Crippen molar-refractivity contribution in [2.45, 2.75) is 25.9 Å². The molecule has 1 fully saturated rings. The smallest absolute Gasteiger partial charge is 0.326 e. The Kier molecular flexibility index (Phi) is 5.12. The van der Waals surface area contributed by atoms with Crippen molar-refractivity contribution < 1.29 is 22.8 Å². The molecule has 1 aromatic rings. The number of carbonyl (C=O) groups is 2. The Balaban J connectivity index is 1.94. The number of nitrogens with one attached hydrogen (secondary N) is 2. The van der Waals surface area contributed by atoms with E-state index in [1.165, 1.54) is 11.8 Å². The highest BCUT2D eigenvalue weighted by atomic mass is 19.4. The van der Waals surface area contributed by atoms with Crippen LogP contribution in [-0.4, -0.2) is 36.1 Å². The highest BCUT2D eigenvalue weighted by molar-refractivity contribution is 5.91. The SMILES string of the molecule is CC(=O)Nc1ccc(NC(=O)N2CCCC(C(F)(F)F)C2)cc1. The number of benzene rings is 1. The van der Waals surface area contributed by atoms with E-state index in [-0.39, 0.29) is 18.9 Å². The maximum Gasteiger partial charge on any atom is 0.393 e. The van der Waals surface area contributed by atoms with E-state index in [4.69, 9.17) is 0 Å². The molecular formula is C15H18F3N3O2. The van der Waals surface area contributed by atoms with Gasteiger partial charge in [0.1, 0.15) is 0 Å². The fourth-order valence-electron chi connectivity index (χ4n) is 2.47. The quantitative estimate of drug-likeness (QED) is 0.873. The van der Waals surface area contributed by atoms with E-state index in [2.05, 4.69) is 10.6 Å². The number of rotatable bonds is 2. The van der Waals surface area contributed by atoms with Gasteiger partial charge in [0.15, 0.2) is 0 Å². The molecule has 8 heteroatoms. The lowest BCUT2D eigenvalue weighted by Crippen LogP contribution is -2.46. The number of amides is 3. The van der Waals surface area contributed by atoms with Crippen molar-refractivity contribution in [3.63, 3.8) is 0 Å². The Bertz CT molecular complexity index is 572. The summed E-state index contributed by atoms with van der Waals surface area (Å²) < 4.78 is 38.3. The second kappa shape index (κ2) is 6.89. The molecule has 23 heavy (non-hydrogen) atoms. The van der Waals surface area contributed by atoms with Crippen molar-refractivity contribution >= 4 is 23.3 Å². The van der Waals surface area contributed by atoms with Crippen molar-refractivity contribution in [1.82, 2.24) is 4.90 Å². The molecule has 1 saturated heterocycles. The maximum absolute atomic E-state index is 12.8. The molecule has 0 spiro atoms. The molecule has 1 aromatic carbocycles. The van der Waals surface area contributed by atoms with Crippen LogP contribution in [-0.2, 0) is 4.79 Å². The zero-order chi connectivity index (χ0) is 17.0. The summed E-state index contributed by atoms with van der Waals surface area (Å²) in [5.41, 5.74) is 1.03. The summed E-state index contributed by atoms with van der Waals surface area (Å²) in [6, 6.07) is 5.81. The van der Waals surface area contributed by atoms with Gasteiger partial charge in [-0.3, -0.25) is 4.79 Å². The van der Waals surface area contributed by atoms with Gasteiger partial charge in [-0.2, -0.15) is 13.2 Å². The van der Waals surface area contributed by atoms with Crippen molar-refractivity contribution in [3.8, 4) is 0 Å². The lowest BCUT2D eigenvalue weighted by atomic mass is 9.98. The summed E-state index contributed by atoms with van der Waals surface area (Å²) in [6.07, 6.45) is -3.89. The average molecular weight is 329 g/mol. The number of likely N-dealkylation sites (tertiary alicyclic amines) is 1. The molecule has 0 saturated carbocycles. The molecule has 1 aliphatic heterocycles. The van der Waals surface area contributed by atoms with Gasteiger partial charge in [0.2, 0.25) is 5.91 Å². The van der Waals surface area contributed by atoms with E-state index in [9.17, 15) is 22.8 Å². The number of hydrogen-bond acceptors (Lipinski definition) is 2. The third-order valence-electron chi connectivity index (χ3n) is 3.63. The van der Waals surface area contributed by atoms with Crippen LogP contribution in [0.5, 0.6) is 0 Å². The van der Waals surface area contributed by atoms with E-state index >= 15 is 0 Å². The lowest BCUT2D eigenvalue weighted by Gasteiger charge is -2.33. The molecule has 0 aromatic heterocycles. The van der Waals surface area contributed by atoms with E-state index in [1.54, 1.807) is 24.3 Å². The largest absolute Gasteiger partial charge is 0.393 e. The van der Waals surface area contributed by atoms with Gasteiger partial charge in [-0.25, -0.2) is 4.79 Å². The van der Waals surface area contributed by atoms with E-state index in [0.29, 0.717) is 24.3 Å². The Hall–Kier alpha value is -2.25. The van der Waals surface area contributed by atoms with Crippen molar-refractivity contribution in [2.75, 3.05) is 23.7 Å². The standard InChI is InChI=1S/C15H18F3N3O2/c1-10(22)19-12-4-6-13(7-5-12)20-14(23)21-8-2-3-11(9-21)15(16,17)18/h4-7,11H,2-3,8-9H2,1H3,(H,19,22)(H,20,23). The van der Waals surface area contributed by atoms with Crippen LogP contribution in [0.15, 0.2) is 24.3 Å². The minimum atomic E-state index is -4.28. The van der Waals surface area contributed by atoms with Gasteiger partial charge in [-0.05, 0) is 37.1 Å². The van der Waals surface area contributed by atoms with Crippen LogP contribution in [0.2, 0.25) is 0 Å². The fourth-order valence-corrected chi connectivity index (χ4v) is 2.47. The van der Waals surface area contributed by atoms with Gasteiger partial charge in [-0.15, -0.1) is 0 Å². The number of anilines is 2. The molecule has 0 radical (unpaired) electrons. The predicted molar refractivity (Wildman–Crippen MR) is 80.1 cm³/mol. The molecule has 2 rings (SSSR count). The van der Waals surface area contributed by atoms with Crippen LogP contribution in [0.25, 0.3) is 0 Å². The minimum Gasteiger partial charge on any atom is -0.326 e. The Morgan fingerprint density at radius 2 is 1.70 bits per heavy atom. The predicted octanol–water partition coefficient (Wildman–Crippen LogP) is 3.45. The number of nitrogens with zero attached hydrogens (tertiary/aromatic N) is 1. The normalized spacial score (nSPS) is 18.4. The molecule has 0 bridgehead atoms. The molecule has 1 heterocycles. The van der Waals surface area contributed by atoms with E-state index in [0.717, 1.165) is 0 Å². The van der Waals surface area contributed by atoms with Crippen LogP contribution in [0.1, 0.15) is 19.8 Å². The topological polar surface area (TPSA) is 61.4 Å². The highest BCUT2D eigenvalue weighted by Crippen LogP contribution is 2.33. The molecular weight excluding hydrogens is 311 g/mol. The summed E-state index contributed by atoms with van der Waals surface area (Å²) in [5.74, 6) is -1.68. The average Bonchev–Trinajstić information content (AvgIpc) is 2.48. The zero-order valence-corrected chi connectivity index (χ0v) is 12.6. The second-order valence-electron chi connectivity index (χ2n) is 5.52. The van der Waals surface area contributed by atoms with Gasteiger partial charge in [-0.1, -0.05) is 0 Å². The maximum atomic E-state index is 12.8. The Morgan fingerprint density at radius 3 is 2.22 bits per heavy atom. The fraction of sp³-hybridized carbons (Fsp3) is 0.467. The summed E-state index contributed by atoms with van der Waals surface area (Å²) in [4.78, 5) is 24.2. The van der Waals surface area contributed by atoms with Crippen molar-refractivity contribution in [1.29, 1.82) is 0 Å². The second-order valence-corrected chi connectivity index (χ2v) is 5.52. The van der Waals surface area contributed by atoms with Crippen molar-refractivity contribution in [3.05, 3.63) is 24.3 Å². The molecule has 1 unspecified atom stereocenters. The molecule has 3 amide bonds. The van der Waals surface area contributed by atoms with Crippen molar-refractivity contribution in [2.24, 2.45) is 5.92 Å². The first-order chi connectivity index (χ1) is 10.8.